The minimum atomic E-state index is -1.06. The van der Waals surface area contributed by atoms with E-state index < -0.39 is 16.4 Å². The molecule has 1 rings (SSSR count). The lowest BCUT2D eigenvalue weighted by atomic mass is 10.1. The SMILES string of the molecule is CCNc1ncc([N+](=O)[O-])cc1C(=O)N(C)CC(C)(C)O. The van der Waals surface area contributed by atoms with Gasteiger partial charge in [0.15, 0.2) is 0 Å². The summed E-state index contributed by atoms with van der Waals surface area (Å²) in [5.74, 6) is -0.153. The summed E-state index contributed by atoms with van der Waals surface area (Å²) in [5, 5.41) is 23.5. The molecule has 21 heavy (non-hydrogen) atoms. The standard InChI is InChI=1S/C13H20N4O4/c1-5-14-11-10(6-9(7-15-11)17(20)21)12(18)16(4)8-13(2,3)19/h6-7,19H,5,8H2,1-4H3,(H,14,15). The Morgan fingerprint density at radius 3 is 2.67 bits per heavy atom. The lowest BCUT2D eigenvalue weighted by molar-refractivity contribution is -0.385. The number of carbonyl (C=O) groups is 1. The molecule has 0 bridgehead atoms. The zero-order valence-corrected chi connectivity index (χ0v) is 12.6. The van der Waals surface area contributed by atoms with Gasteiger partial charge in [0.1, 0.15) is 12.0 Å². The topological polar surface area (TPSA) is 109 Å². The van der Waals surface area contributed by atoms with Crippen LogP contribution in [0, 0.1) is 10.1 Å². The number of nitro groups is 1. The number of hydrogen-bond acceptors (Lipinski definition) is 6. The number of amides is 1. The number of anilines is 1. The summed E-state index contributed by atoms with van der Waals surface area (Å²) in [5.41, 5.74) is -1.20. The quantitative estimate of drug-likeness (QED) is 0.604. The maximum absolute atomic E-state index is 12.4. The number of pyridine rings is 1. The molecule has 0 fully saturated rings. The van der Waals surface area contributed by atoms with Crippen LogP contribution in [0.5, 0.6) is 0 Å². The summed E-state index contributed by atoms with van der Waals surface area (Å²) in [6, 6.07) is 1.19. The van der Waals surface area contributed by atoms with Gasteiger partial charge in [-0.2, -0.15) is 0 Å². The molecule has 1 heterocycles. The molecular formula is C13H20N4O4. The van der Waals surface area contributed by atoms with Gasteiger partial charge in [-0.1, -0.05) is 0 Å². The zero-order chi connectivity index (χ0) is 16.2. The van der Waals surface area contributed by atoms with Crippen LogP contribution in [0.25, 0.3) is 0 Å². The largest absolute Gasteiger partial charge is 0.389 e. The van der Waals surface area contributed by atoms with E-state index in [4.69, 9.17) is 0 Å². The fourth-order valence-electron chi connectivity index (χ4n) is 1.88. The van der Waals surface area contributed by atoms with Crippen LogP contribution in [0.15, 0.2) is 12.3 Å². The summed E-state index contributed by atoms with van der Waals surface area (Å²) < 4.78 is 0. The first kappa shape index (κ1) is 16.8. The summed E-state index contributed by atoms with van der Waals surface area (Å²) in [7, 11) is 1.52. The minimum absolute atomic E-state index is 0.0973. The normalized spacial score (nSPS) is 11.1. The molecular weight excluding hydrogens is 276 g/mol. The third-order valence-electron chi connectivity index (χ3n) is 2.63. The Morgan fingerprint density at radius 2 is 2.19 bits per heavy atom. The van der Waals surface area contributed by atoms with Gasteiger partial charge in [0.2, 0.25) is 0 Å². The summed E-state index contributed by atoms with van der Waals surface area (Å²) in [4.78, 5) is 27.9. The molecule has 0 aliphatic heterocycles. The predicted molar refractivity (Wildman–Crippen MR) is 78.3 cm³/mol. The molecule has 8 nitrogen and oxygen atoms in total. The fraction of sp³-hybridized carbons (Fsp3) is 0.538. The number of rotatable bonds is 6. The number of aromatic nitrogens is 1. The smallest absolute Gasteiger partial charge is 0.288 e. The van der Waals surface area contributed by atoms with Crippen molar-refractivity contribution in [2.75, 3.05) is 25.5 Å². The number of carbonyl (C=O) groups excluding carboxylic acids is 1. The van der Waals surface area contributed by atoms with E-state index in [-0.39, 0.29) is 23.6 Å². The van der Waals surface area contributed by atoms with Crippen molar-refractivity contribution < 1.29 is 14.8 Å². The molecule has 0 unspecified atom stereocenters. The van der Waals surface area contributed by atoms with Crippen molar-refractivity contribution >= 4 is 17.4 Å². The van der Waals surface area contributed by atoms with Gasteiger partial charge in [-0.05, 0) is 20.8 Å². The number of nitrogens with one attached hydrogen (secondary N) is 1. The second-order valence-corrected chi connectivity index (χ2v) is 5.35. The average molecular weight is 296 g/mol. The maximum Gasteiger partial charge on any atom is 0.288 e. The van der Waals surface area contributed by atoms with Crippen LogP contribution in [0.3, 0.4) is 0 Å². The van der Waals surface area contributed by atoms with Crippen molar-refractivity contribution in [3.8, 4) is 0 Å². The van der Waals surface area contributed by atoms with Crippen LogP contribution in [0.2, 0.25) is 0 Å². The van der Waals surface area contributed by atoms with E-state index in [2.05, 4.69) is 10.3 Å². The van der Waals surface area contributed by atoms with E-state index >= 15 is 0 Å². The van der Waals surface area contributed by atoms with Gasteiger partial charge in [0.05, 0.1) is 16.1 Å². The second-order valence-electron chi connectivity index (χ2n) is 5.35. The average Bonchev–Trinajstić information content (AvgIpc) is 2.36. The van der Waals surface area contributed by atoms with Crippen molar-refractivity contribution in [1.82, 2.24) is 9.88 Å². The Bertz CT molecular complexity index is 539. The second kappa shape index (κ2) is 6.49. The van der Waals surface area contributed by atoms with Crippen molar-refractivity contribution in [3.63, 3.8) is 0 Å². The molecule has 0 spiro atoms. The van der Waals surface area contributed by atoms with Crippen LogP contribution < -0.4 is 5.32 Å². The summed E-state index contributed by atoms with van der Waals surface area (Å²) in [6.45, 7) is 5.61. The highest BCUT2D eigenvalue weighted by atomic mass is 16.6. The highest BCUT2D eigenvalue weighted by Gasteiger charge is 2.24. The monoisotopic (exact) mass is 296 g/mol. The number of likely N-dealkylation sites (N-methyl/N-ethyl adjacent to an activating group) is 1. The van der Waals surface area contributed by atoms with Crippen LogP contribution >= 0.6 is 0 Å². The van der Waals surface area contributed by atoms with Gasteiger partial charge < -0.3 is 15.3 Å². The Labute approximate surface area is 122 Å². The fourth-order valence-corrected chi connectivity index (χ4v) is 1.88. The number of nitrogens with zero attached hydrogens (tertiary/aromatic N) is 3. The van der Waals surface area contributed by atoms with E-state index in [1.807, 2.05) is 6.92 Å². The Kier molecular flexibility index (Phi) is 5.20. The molecule has 0 atom stereocenters. The lowest BCUT2D eigenvalue weighted by Gasteiger charge is -2.26. The number of hydrogen-bond donors (Lipinski definition) is 2. The van der Waals surface area contributed by atoms with Gasteiger partial charge in [0, 0.05) is 26.2 Å². The molecule has 0 saturated heterocycles. The third-order valence-corrected chi connectivity index (χ3v) is 2.63. The molecule has 1 aromatic rings. The van der Waals surface area contributed by atoms with Crippen molar-refractivity contribution in [3.05, 3.63) is 27.9 Å². The van der Waals surface area contributed by atoms with Gasteiger partial charge >= 0.3 is 0 Å². The maximum atomic E-state index is 12.4. The van der Waals surface area contributed by atoms with Crippen LogP contribution in [-0.2, 0) is 0 Å². The minimum Gasteiger partial charge on any atom is -0.389 e. The Balaban J connectivity index is 3.15. The molecule has 2 N–H and O–H groups in total. The molecule has 0 aliphatic rings. The molecule has 8 heteroatoms. The van der Waals surface area contributed by atoms with E-state index in [9.17, 15) is 20.0 Å². The van der Waals surface area contributed by atoms with E-state index in [1.54, 1.807) is 13.8 Å². The van der Waals surface area contributed by atoms with Crippen molar-refractivity contribution in [1.29, 1.82) is 0 Å². The van der Waals surface area contributed by atoms with Gasteiger partial charge in [0.25, 0.3) is 11.6 Å². The summed E-state index contributed by atoms with van der Waals surface area (Å²) >= 11 is 0. The first-order chi connectivity index (χ1) is 9.65. The predicted octanol–water partition coefficient (Wildman–Crippen LogP) is 1.26. The van der Waals surface area contributed by atoms with Crippen LogP contribution in [-0.4, -0.2) is 51.6 Å². The van der Waals surface area contributed by atoms with E-state index in [0.717, 1.165) is 6.20 Å². The van der Waals surface area contributed by atoms with Crippen LogP contribution in [0.4, 0.5) is 11.5 Å². The van der Waals surface area contributed by atoms with Gasteiger partial charge in [-0.15, -0.1) is 0 Å². The third kappa shape index (κ3) is 4.67. The molecule has 1 aromatic heterocycles. The molecule has 0 aliphatic carbocycles. The van der Waals surface area contributed by atoms with Crippen molar-refractivity contribution in [2.24, 2.45) is 0 Å². The first-order valence-corrected chi connectivity index (χ1v) is 6.52. The molecule has 0 radical (unpaired) electrons. The highest BCUT2D eigenvalue weighted by Crippen LogP contribution is 2.21. The summed E-state index contributed by atoms with van der Waals surface area (Å²) in [6.07, 6.45) is 1.10. The van der Waals surface area contributed by atoms with Gasteiger partial charge in [-0.25, -0.2) is 4.98 Å². The van der Waals surface area contributed by atoms with Crippen LogP contribution in [0.1, 0.15) is 31.1 Å². The molecule has 0 aromatic carbocycles. The Morgan fingerprint density at radius 1 is 1.57 bits per heavy atom. The van der Waals surface area contributed by atoms with Crippen molar-refractivity contribution in [2.45, 2.75) is 26.4 Å². The molecule has 0 saturated carbocycles. The van der Waals surface area contributed by atoms with E-state index in [0.29, 0.717) is 6.54 Å². The first-order valence-electron chi connectivity index (χ1n) is 6.52. The number of aliphatic hydroxyl groups is 1. The lowest BCUT2D eigenvalue weighted by Crippen LogP contribution is -2.40. The van der Waals surface area contributed by atoms with E-state index in [1.165, 1.54) is 18.0 Å². The van der Waals surface area contributed by atoms with Gasteiger partial charge in [-0.3, -0.25) is 14.9 Å². The zero-order valence-electron chi connectivity index (χ0n) is 12.6. The highest BCUT2D eigenvalue weighted by molar-refractivity contribution is 5.99. The molecule has 116 valence electrons. The molecule has 1 amide bonds. The Hall–Kier alpha value is -2.22.